The number of fused-ring (bicyclic) bond motifs is 1. The van der Waals surface area contributed by atoms with Crippen LogP contribution in [-0.4, -0.2) is 56.9 Å². The molecule has 0 unspecified atom stereocenters. The third-order valence-corrected chi connectivity index (χ3v) is 5.00. The average molecular weight is 397 g/mol. The van der Waals surface area contributed by atoms with Crippen molar-refractivity contribution in [2.75, 3.05) is 24.8 Å². The van der Waals surface area contributed by atoms with Crippen molar-refractivity contribution in [3.8, 4) is 5.88 Å². The summed E-state index contributed by atoms with van der Waals surface area (Å²) in [6.45, 7) is 0. The molecule has 10 nitrogen and oxygen atoms in total. The van der Waals surface area contributed by atoms with Crippen molar-refractivity contribution in [2.24, 2.45) is 0 Å². The van der Waals surface area contributed by atoms with E-state index in [9.17, 15) is 9.90 Å². The molecule has 0 radical (unpaired) electrons. The summed E-state index contributed by atoms with van der Waals surface area (Å²) in [5.41, 5.74) is 1.38. The van der Waals surface area contributed by atoms with Crippen LogP contribution in [0.15, 0.2) is 30.6 Å². The van der Waals surface area contributed by atoms with Gasteiger partial charge in [-0.1, -0.05) is 0 Å². The molecule has 3 aromatic rings. The molecule has 1 amide bonds. The highest BCUT2D eigenvalue weighted by molar-refractivity contribution is 6.00. The number of rotatable bonds is 6. The average Bonchev–Trinajstić information content (AvgIpc) is 3.34. The van der Waals surface area contributed by atoms with Gasteiger partial charge < -0.3 is 25.8 Å². The van der Waals surface area contributed by atoms with Crippen molar-refractivity contribution < 1.29 is 14.6 Å². The van der Waals surface area contributed by atoms with Crippen LogP contribution in [0.25, 0.3) is 5.65 Å². The minimum atomic E-state index is -0.517. The maximum Gasteiger partial charge on any atom is 0.257 e. The van der Waals surface area contributed by atoms with E-state index in [1.54, 1.807) is 37.0 Å². The van der Waals surface area contributed by atoms with E-state index in [0.29, 0.717) is 40.8 Å². The fourth-order valence-corrected chi connectivity index (χ4v) is 3.51. The normalized spacial score (nSPS) is 18.6. The topological polar surface area (TPSA) is 126 Å². The van der Waals surface area contributed by atoms with Gasteiger partial charge in [-0.25, -0.2) is 9.97 Å². The van der Waals surface area contributed by atoms with Crippen LogP contribution in [0.3, 0.4) is 0 Å². The quantitative estimate of drug-likeness (QED) is 0.494. The molecule has 29 heavy (non-hydrogen) atoms. The fraction of sp³-hybridized carbons (Fsp3) is 0.368. The van der Waals surface area contributed by atoms with Crippen LogP contribution in [0.5, 0.6) is 5.88 Å². The molecule has 1 fully saturated rings. The number of nitrogens with zero attached hydrogens (tertiary/aromatic N) is 4. The molecule has 10 heteroatoms. The molecule has 152 valence electrons. The molecule has 1 aliphatic rings. The molecule has 2 atom stereocenters. The zero-order chi connectivity index (χ0) is 20.4. The lowest BCUT2D eigenvalue weighted by atomic mass is 10.2. The first-order valence-electron chi connectivity index (χ1n) is 9.42. The molecule has 0 aliphatic heterocycles. The monoisotopic (exact) mass is 397 g/mol. The number of hydrogen-bond acceptors (Lipinski definition) is 8. The summed E-state index contributed by atoms with van der Waals surface area (Å²) >= 11 is 0. The first kappa shape index (κ1) is 18.9. The molecular formula is C19H23N7O3. The Morgan fingerprint density at radius 2 is 2.24 bits per heavy atom. The molecule has 0 saturated heterocycles. The van der Waals surface area contributed by atoms with Gasteiger partial charge in [0, 0.05) is 19.3 Å². The Morgan fingerprint density at radius 1 is 1.38 bits per heavy atom. The molecule has 1 saturated carbocycles. The molecule has 1 aliphatic carbocycles. The van der Waals surface area contributed by atoms with E-state index < -0.39 is 6.10 Å². The zero-order valence-corrected chi connectivity index (χ0v) is 16.2. The Balaban J connectivity index is 1.68. The van der Waals surface area contributed by atoms with Crippen LogP contribution in [-0.2, 0) is 0 Å². The number of hydrogen-bond donors (Lipinski definition) is 4. The first-order valence-corrected chi connectivity index (χ1v) is 9.42. The van der Waals surface area contributed by atoms with Gasteiger partial charge in [-0.3, -0.25) is 4.79 Å². The van der Waals surface area contributed by atoms with Gasteiger partial charge in [0.2, 0.25) is 5.88 Å². The number of nitrogens with one attached hydrogen (secondary N) is 3. The van der Waals surface area contributed by atoms with Gasteiger partial charge in [0.1, 0.15) is 22.9 Å². The second-order valence-electron chi connectivity index (χ2n) is 6.83. The lowest BCUT2D eigenvalue weighted by molar-refractivity contribution is 0.0874. The Labute approximate surface area is 167 Å². The number of anilines is 3. The van der Waals surface area contributed by atoms with Crippen LogP contribution >= 0.6 is 0 Å². The Kier molecular flexibility index (Phi) is 5.17. The standard InChI is InChI=1S/C19H23N7O3/c1-20-16-9-15(23-13-6-4-8-21-19(13)29-2)25-17-11(10-22-26(16)17)18(28)24-12-5-3-7-14(12)27/h4,6,8-10,12,14,20,27H,3,5,7H2,1-2H3,(H,23,25)(H,24,28)/t12-,14-/m0/s1. The highest BCUT2D eigenvalue weighted by Gasteiger charge is 2.28. The third kappa shape index (κ3) is 3.66. The van der Waals surface area contributed by atoms with Gasteiger partial charge in [0.15, 0.2) is 5.65 Å². The molecular weight excluding hydrogens is 374 g/mol. The smallest absolute Gasteiger partial charge is 0.257 e. The van der Waals surface area contributed by atoms with Crippen LogP contribution in [0.1, 0.15) is 29.6 Å². The van der Waals surface area contributed by atoms with E-state index in [1.165, 1.54) is 6.20 Å². The summed E-state index contributed by atoms with van der Waals surface area (Å²) in [5, 5.41) is 23.4. The number of aliphatic hydroxyl groups excluding tert-OH is 1. The molecule has 4 N–H and O–H groups in total. The number of aliphatic hydroxyl groups is 1. The van der Waals surface area contributed by atoms with E-state index in [2.05, 4.69) is 31.0 Å². The SMILES string of the molecule is CNc1cc(Nc2cccnc2OC)nc2c(C(=O)N[C@H]3CCC[C@@H]3O)cnn12. The second-order valence-corrected chi connectivity index (χ2v) is 6.83. The van der Waals surface area contributed by atoms with E-state index in [-0.39, 0.29) is 11.9 Å². The first-order chi connectivity index (χ1) is 14.1. The minimum absolute atomic E-state index is 0.248. The highest BCUT2D eigenvalue weighted by Crippen LogP contribution is 2.27. The lowest BCUT2D eigenvalue weighted by Gasteiger charge is -2.16. The van der Waals surface area contributed by atoms with Crippen molar-refractivity contribution in [1.29, 1.82) is 0 Å². The number of carbonyl (C=O) groups is 1. The van der Waals surface area contributed by atoms with Crippen molar-refractivity contribution in [1.82, 2.24) is 24.9 Å². The van der Waals surface area contributed by atoms with Gasteiger partial charge in [-0.2, -0.15) is 9.61 Å². The Hall–Kier alpha value is -3.40. The summed E-state index contributed by atoms with van der Waals surface area (Å²) in [7, 11) is 3.31. The lowest BCUT2D eigenvalue weighted by Crippen LogP contribution is -2.39. The van der Waals surface area contributed by atoms with Crippen molar-refractivity contribution >= 4 is 28.9 Å². The van der Waals surface area contributed by atoms with Crippen LogP contribution in [0.2, 0.25) is 0 Å². The van der Waals surface area contributed by atoms with E-state index in [1.807, 2.05) is 6.07 Å². The van der Waals surface area contributed by atoms with Gasteiger partial charge in [-0.05, 0) is 31.4 Å². The van der Waals surface area contributed by atoms with Gasteiger partial charge in [-0.15, -0.1) is 0 Å². The Morgan fingerprint density at radius 3 is 2.97 bits per heavy atom. The van der Waals surface area contributed by atoms with E-state index in [0.717, 1.165) is 12.8 Å². The van der Waals surface area contributed by atoms with Gasteiger partial charge >= 0.3 is 0 Å². The number of amides is 1. The van der Waals surface area contributed by atoms with Crippen molar-refractivity contribution in [2.45, 2.75) is 31.4 Å². The largest absolute Gasteiger partial charge is 0.480 e. The maximum atomic E-state index is 12.8. The molecule has 0 spiro atoms. The molecule has 3 heterocycles. The summed E-state index contributed by atoms with van der Waals surface area (Å²) in [6, 6.07) is 5.13. The third-order valence-electron chi connectivity index (χ3n) is 5.00. The summed E-state index contributed by atoms with van der Waals surface area (Å²) in [6.07, 6.45) is 4.95. The number of methoxy groups -OCH3 is 1. The number of carbonyl (C=O) groups excluding carboxylic acids is 1. The zero-order valence-electron chi connectivity index (χ0n) is 16.2. The molecule has 0 aromatic carbocycles. The summed E-state index contributed by atoms with van der Waals surface area (Å²) in [4.78, 5) is 21.5. The van der Waals surface area contributed by atoms with Crippen molar-refractivity contribution in [3.63, 3.8) is 0 Å². The molecule has 4 rings (SSSR count). The summed E-state index contributed by atoms with van der Waals surface area (Å²) < 4.78 is 6.83. The highest BCUT2D eigenvalue weighted by atomic mass is 16.5. The minimum Gasteiger partial charge on any atom is -0.480 e. The van der Waals surface area contributed by atoms with Gasteiger partial charge in [0.25, 0.3) is 5.91 Å². The van der Waals surface area contributed by atoms with Crippen molar-refractivity contribution in [3.05, 3.63) is 36.2 Å². The predicted octanol–water partition coefficient (Wildman–Crippen LogP) is 1.56. The maximum absolute atomic E-state index is 12.8. The predicted molar refractivity (Wildman–Crippen MR) is 108 cm³/mol. The molecule has 3 aromatic heterocycles. The van der Waals surface area contributed by atoms with Crippen LogP contribution < -0.4 is 20.7 Å². The number of pyridine rings is 1. The van der Waals surface area contributed by atoms with Crippen LogP contribution in [0, 0.1) is 0 Å². The second kappa shape index (κ2) is 7.92. The Bertz CT molecular complexity index is 1040. The summed E-state index contributed by atoms with van der Waals surface area (Å²) in [5.74, 6) is 1.28. The number of ether oxygens (including phenoxy) is 1. The van der Waals surface area contributed by atoms with Gasteiger partial charge in [0.05, 0.1) is 25.5 Å². The van der Waals surface area contributed by atoms with E-state index in [4.69, 9.17) is 4.74 Å². The fourth-order valence-electron chi connectivity index (χ4n) is 3.51. The van der Waals surface area contributed by atoms with Crippen LogP contribution in [0.4, 0.5) is 17.3 Å². The number of aromatic nitrogens is 4. The van der Waals surface area contributed by atoms with E-state index >= 15 is 0 Å². The molecule has 0 bridgehead atoms.